The van der Waals surface area contributed by atoms with Crippen molar-refractivity contribution in [1.82, 2.24) is 5.32 Å². The molecular formula is C17H20ClNO. The maximum atomic E-state index is 9.72. The standard InChI is InChI=1S/C12H9ClO.C5H11N/c13-11-8-4-7-10(12(11)14)9-5-2-1-3-6-9;1-2-4-6-5-3-1/h1-8,14H;6H,1-5H2. The van der Waals surface area contributed by atoms with Crippen molar-refractivity contribution in [2.24, 2.45) is 0 Å². The molecule has 0 unspecified atom stereocenters. The lowest BCUT2D eigenvalue weighted by atomic mass is 10.1. The second kappa shape index (κ2) is 7.93. The van der Waals surface area contributed by atoms with Gasteiger partial charge in [0.2, 0.25) is 0 Å². The van der Waals surface area contributed by atoms with Crippen LogP contribution in [0.4, 0.5) is 0 Å². The summed E-state index contributed by atoms with van der Waals surface area (Å²) in [6.07, 6.45) is 4.22. The average molecular weight is 290 g/mol. The van der Waals surface area contributed by atoms with Crippen molar-refractivity contribution in [1.29, 1.82) is 0 Å². The van der Waals surface area contributed by atoms with Crippen molar-refractivity contribution in [2.45, 2.75) is 19.3 Å². The summed E-state index contributed by atoms with van der Waals surface area (Å²) < 4.78 is 0. The lowest BCUT2D eigenvalue weighted by Crippen LogP contribution is -2.21. The second-order valence-corrected chi connectivity index (χ2v) is 5.22. The molecule has 2 nitrogen and oxygen atoms in total. The SMILES string of the molecule is C1CCNCC1.Oc1c(Cl)cccc1-c1ccccc1. The third kappa shape index (κ3) is 4.26. The highest BCUT2D eigenvalue weighted by Gasteiger charge is 2.05. The number of piperidine rings is 1. The Kier molecular flexibility index (Phi) is 5.90. The minimum Gasteiger partial charge on any atom is -0.506 e. The summed E-state index contributed by atoms with van der Waals surface area (Å²) in [6.45, 7) is 2.50. The Morgan fingerprint density at radius 3 is 2.10 bits per heavy atom. The summed E-state index contributed by atoms with van der Waals surface area (Å²) in [5, 5.41) is 13.4. The van der Waals surface area contributed by atoms with Gasteiger partial charge in [0.1, 0.15) is 5.75 Å². The molecule has 0 spiro atoms. The molecule has 1 aliphatic rings. The van der Waals surface area contributed by atoms with E-state index in [0.29, 0.717) is 5.02 Å². The maximum Gasteiger partial charge on any atom is 0.141 e. The van der Waals surface area contributed by atoms with Gasteiger partial charge in [-0.2, -0.15) is 0 Å². The molecule has 3 heteroatoms. The third-order valence-corrected chi connectivity index (χ3v) is 3.58. The largest absolute Gasteiger partial charge is 0.506 e. The molecule has 20 heavy (non-hydrogen) atoms. The molecule has 0 amide bonds. The van der Waals surface area contributed by atoms with Gasteiger partial charge in [-0.3, -0.25) is 0 Å². The fraction of sp³-hybridized carbons (Fsp3) is 0.294. The van der Waals surface area contributed by atoms with Crippen LogP contribution in [-0.2, 0) is 0 Å². The number of phenols is 1. The highest BCUT2D eigenvalue weighted by atomic mass is 35.5. The van der Waals surface area contributed by atoms with Crippen LogP contribution < -0.4 is 5.32 Å². The molecule has 0 aliphatic carbocycles. The summed E-state index contributed by atoms with van der Waals surface area (Å²) in [7, 11) is 0. The van der Waals surface area contributed by atoms with Gasteiger partial charge >= 0.3 is 0 Å². The number of hydrogen-bond acceptors (Lipinski definition) is 2. The highest BCUT2D eigenvalue weighted by molar-refractivity contribution is 6.32. The maximum absolute atomic E-state index is 9.72. The first-order chi connectivity index (χ1) is 9.79. The Morgan fingerprint density at radius 1 is 0.850 bits per heavy atom. The van der Waals surface area contributed by atoms with Crippen molar-refractivity contribution in [2.75, 3.05) is 13.1 Å². The number of halogens is 1. The minimum absolute atomic E-state index is 0.139. The molecule has 0 aromatic heterocycles. The lowest BCUT2D eigenvalue weighted by Gasteiger charge is -2.08. The van der Waals surface area contributed by atoms with Crippen molar-refractivity contribution >= 4 is 11.6 Å². The quantitative estimate of drug-likeness (QED) is 0.812. The predicted molar refractivity (Wildman–Crippen MR) is 85.3 cm³/mol. The minimum atomic E-state index is 0.139. The number of benzene rings is 2. The molecule has 2 aromatic carbocycles. The van der Waals surface area contributed by atoms with Gasteiger partial charge in [0.05, 0.1) is 5.02 Å². The fourth-order valence-corrected chi connectivity index (χ4v) is 2.34. The topological polar surface area (TPSA) is 32.3 Å². The van der Waals surface area contributed by atoms with Crippen LogP contribution in [-0.4, -0.2) is 18.2 Å². The molecule has 1 heterocycles. The summed E-state index contributed by atoms with van der Waals surface area (Å²) in [6, 6.07) is 15.0. The van der Waals surface area contributed by atoms with Crippen molar-refractivity contribution < 1.29 is 5.11 Å². The van der Waals surface area contributed by atoms with E-state index in [1.165, 1.54) is 32.4 Å². The second-order valence-electron chi connectivity index (χ2n) is 4.81. The number of hydrogen-bond donors (Lipinski definition) is 2. The highest BCUT2D eigenvalue weighted by Crippen LogP contribution is 2.34. The fourth-order valence-electron chi connectivity index (χ4n) is 2.17. The first kappa shape index (κ1) is 14.9. The van der Waals surface area contributed by atoms with Gasteiger partial charge in [-0.25, -0.2) is 0 Å². The Hall–Kier alpha value is -1.51. The smallest absolute Gasteiger partial charge is 0.141 e. The average Bonchev–Trinajstić information content (AvgIpc) is 2.53. The van der Waals surface area contributed by atoms with Crippen LogP contribution in [0.5, 0.6) is 5.75 Å². The van der Waals surface area contributed by atoms with Gasteiger partial charge in [-0.1, -0.05) is 60.5 Å². The van der Waals surface area contributed by atoms with Gasteiger partial charge in [0.25, 0.3) is 0 Å². The summed E-state index contributed by atoms with van der Waals surface area (Å²) in [5.41, 5.74) is 1.73. The van der Waals surface area contributed by atoms with Gasteiger partial charge in [0, 0.05) is 5.56 Å². The lowest BCUT2D eigenvalue weighted by molar-refractivity contribution is 0.477. The zero-order chi connectivity index (χ0) is 14.2. The van der Waals surface area contributed by atoms with Crippen LogP contribution in [0.2, 0.25) is 5.02 Å². The molecule has 1 aliphatic heterocycles. The molecule has 0 bridgehead atoms. The number of rotatable bonds is 1. The molecule has 1 fully saturated rings. The van der Waals surface area contributed by atoms with E-state index >= 15 is 0 Å². The van der Waals surface area contributed by atoms with Crippen molar-refractivity contribution in [3.63, 3.8) is 0 Å². The van der Waals surface area contributed by atoms with Crippen LogP contribution in [0.1, 0.15) is 19.3 Å². The summed E-state index contributed by atoms with van der Waals surface area (Å²) in [5.74, 6) is 0.139. The van der Waals surface area contributed by atoms with Crippen molar-refractivity contribution in [3.8, 4) is 16.9 Å². The van der Waals surface area contributed by atoms with E-state index in [-0.39, 0.29) is 5.75 Å². The Labute approximate surface area is 125 Å². The molecule has 106 valence electrons. The molecule has 0 radical (unpaired) electrons. The summed E-state index contributed by atoms with van der Waals surface area (Å²) in [4.78, 5) is 0. The molecule has 1 saturated heterocycles. The van der Waals surface area contributed by atoms with E-state index in [1.54, 1.807) is 6.07 Å². The zero-order valence-corrected chi connectivity index (χ0v) is 12.2. The van der Waals surface area contributed by atoms with E-state index in [1.807, 2.05) is 42.5 Å². The number of nitrogens with one attached hydrogen (secondary N) is 1. The molecule has 3 rings (SSSR count). The number of aromatic hydroxyl groups is 1. The Bertz CT molecular complexity index is 512. The van der Waals surface area contributed by atoms with E-state index in [2.05, 4.69) is 5.32 Å². The summed E-state index contributed by atoms with van der Waals surface area (Å²) >= 11 is 5.81. The first-order valence-electron chi connectivity index (χ1n) is 7.02. The van der Waals surface area contributed by atoms with Crippen LogP contribution in [0.3, 0.4) is 0 Å². The van der Waals surface area contributed by atoms with Crippen LogP contribution >= 0.6 is 11.6 Å². The molecular weight excluding hydrogens is 270 g/mol. The zero-order valence-electron chi connectivity index (χ0n) is 11.5. The van der Waals surface area contributed by atoms with Crippen LogP contribution in [0, 0.1) is 0 Å². The van der Waals surface area contributed by atoms with Gasteiger partial charge < -0.3 is 10.4 Å². The van der Waals surface area contributed by atoms with E-state index in [0.717, 1.165) is 11.1 Å². The van der Waals surface area contributed by atoms with E-state index < -0.39 is 0 Å². The molecule has 0 saturated carbocycles. The van der Waals surface area contributed by atoms with E-state index in [9.17, 15) is 5.11 Å². The van der Waals surface area contributed by atoms with Crippen LogP contribution in [0.15, 0.2) is 48.5 Å². The van der Waals surface area contributed by atoms with Gasteiger partial charge in [0.15, 0.2) is 0 Å². The van der Waals surface area contributed by atoms with Crippen molar-refractivity contribution in [3.05, 3.63) is 53.6 Å². The molecule has 0 atom stereocenters. The predicted octanol–water partition coefficient (Wildman–Crippen LogP) is 4.47. The normalized spacial score (nSPS) is 14.2. The third-order valence-electron chi connectivity index (χ3n) is 3.28. The molecule has 2 N–H and O–H groups in total. The molecule has 2 aromatic rings. The number of phenolic OH excluding ortho intramolecular Hbond substituents is 1. The first-order valence-corrected chi connectivity index (χ1v) is 7.40. The van der Waals surface area contributed by atoms with Gasteiger partial charge in [-0.05, 0) is 37.6 Å². The van der Waals surface area contributed by atoms with E-state index in [4.69, 9.17) is 11.6 Å². The van der Waals surface area contributed by atoms with Crippen LogP contribution in [0.25, 0.3) is 11.1 Å². The Balaban J connectivity index is 0.000000205. The Morgan fingerprint density at radius 2 is 1.55 bits per heavy atom. The van der Waals surface area contributed by atoms with Gasteiger partial charge in [-0.15, -0.1) is 0 Å². The number of para-hydroxylation sites is 1. The monoisotopic (exact) mass is 289 g/mol.